The molecule has 1 nitrogen and oxygen atoms in total. The van der Waals surface area contributed by atoms with E-state index in [0.717, 1.165) is 17.1 Å². The fraction of sp³-hybridized carbons (Fsp3) is 0.0169. The first-order chi connectivity index (χ1) is 29.8. The summed E-state index contributed by atoms with van der Waals surface area (Å²) in [6, 6.07) is 91.1. The van der Waals surface area contributed by atoms with Gasteiger partial charge in [0.1, 0.15) is 0 Å². The molecular weight excluding hydrogens is 723 g/mol. The second-order valence-electron chi connectivity index (χ2n) is 15.7. The van der Waals surface area contributed by atoms with Gasteiger partial charge in [-0.15, -0.1) is 0 Å². The van der Waals surface area contributed by atoms with Gasteiger partial charge in [-0.3, -0.25) is 0 Å². The van der Waals surface area contributed by atoms with Gasteiger partial charge < -0.3 is 4.90 Å². The molecule has 0 fully saturated rings. The maximum absolute atomic E-state index is 2.48. The minimum Gasteiger partial charge on any atom is -0.310 e. The lowest BCUT2D eigenvalue weighted by atomic mass is 9.68. The predicted octanol–water partition coefficient (Wildman–Crippen LogP) is 15.7. The smallest absolute Gasteiger partial charge is 0.0714 e. The number of benzene rings is 10. The Labute approximate surface area is 352 Å². The summed E-state index contributed by atoms with van der Waals surface area (Å²) >= 11 is 0. The standard InChI is InChI=1S/C59H41N/c1-4-17-42(18-5-1)44-33-35-45(36-34-44)47-21-14-27-52(40-47)60(53-28-15-22-48(41-53)49-38-37-43-19-10-11-20-46(43)39-49)57-32-16-31-56-58(57)54-29-12-13-30-55(54)59(56,50-23-6-2-7-24-50)51-25-8-3-9-26-51/h1-41H. The van der Waals surface area contributed by atoms with Gasteiger partial charge in [0.2, 0.25) is 0 Å². The van der Waals surface area contributed by atoms with Gasteiger partial charge in [-0.1, -0.05) is 212 Å². The summed E-state index contributed by atoms with van der Waals surface area (Å²) in [4.78, 5) is 2.48. The number of hydrogen-bond donors (Lipinski definition) is 0. The molecule has 10 aromatic carbocycles. The van der Waals surface area contributed by atoms with Crippen LogP contribution in [0.4, 0.5) is 17.1 Å². The number of rotatable bonds is 8. The van der Waals surface area contributed by atoms with E-state index < -0.39 is 5.41 Å². The third-order valence-electron chi connectivity index (χ3n) is 12.3. The summed E-state index contributed by atoms with van der Waals surface area (Å²) < 4.78 is 0. The number of hydrogen-bond acceptors (Lipinski definition) is 1. The first-order valence-corrected chi connectivity index (χ1v) is 20.8. The van der Waals surface area contributed by atoms with E-state index in [-0.39, 0.29) is 0 Å². The van der Waals surface area contributed by atoms with Crippen LogP contribution in [0, 0.1) is 0 Å². The highest BCUT2D eigenvalue weighted by atomic mass is 15.1. The van der Waals surface area contributed by atoms with Crippen molar-refractivity contribution in [3.8, 4) is 44.5 Å². The van der Waals surface area contributed by atoms with Gasteiger partial charge in [0.15, 0.2) is 0 Å². The summed E-state index contributed by atoms with van der Waals surface area (Å²) in [7, 11) is 0. The van der Waals surface area contributed by atoms with Crippen LogP contribution in [0.15, 0.2) is 249 Å². The second kappa shape index (κ2) is 14.9. The van der Waals surface area contributed by atoms with E-state index in [9.17, 15) is 0 Å². The van der Waals surface area contributed by atoms with Gasteiger partial charge in [-0.05, 0) is 108 Å². The SMILES string of the molecule is c1ccc(-c2ccc(-c3cccc(N(c4cccc(-c5ccc6ccccc6c5)c4)c4cccc5c4-c4ccccc4C5(c4ccccc4)c4ccccc4)c3)cc2)cc1. The topological polar surface area (TPSA) is 3.24 Å². The van der Waals surface area contributed by atoms with Gasteiger partial charge in [0.25, 0.3) is 0 Å². The molecule has 0 amide bonds. The number of anilines is 3. The molecule has 0 spiro atoms. The average molecular weight is 764 g/mol. The van der Waals surface area contributed by atoms with E-state index in [1.165, 1.54) is 77.5 Å². The van der Waals surface area contributed by atoms with Crippen LogP contribution in [0.5, 0.6) is 0 Å². The van der Waals surface area contributed by atoms with E-state index in [0.29, 0.717) is 0 Å². The molecule has 60 heavy (non-hydrogen) atoms. The molecule has 10 aromatic rings. The molecule has 0 saturated carbocycles. The molecule has 0 bridgehead atoms. The molecule has 0 N–H and O–H groups in total. The van der Waals surface area contributed by atoms with Crippen LogP contribution in [0.1, 0.15) is 22.3 Å². The lowest BCUT2D eigenvalue weighted by molar-refractivity contribution is 0.768. The van der Waals surface area contributed by atoms with Crippen molar-refractivity contribution < 1.29 is 0 Å². The van der Waals surface area contributed by atoms with Crippen molar-refractivity contribution in [2.24, 2.45) is 0 Å². The molecule has 1 heteroatoms. The Morgan fingerprint density at radius 2 is 0.733 bits per heavy atom. The van der Waals surface area contributed by atoms with Gasteiger partial charge in [-0.25, -0.2) is 0 Å². The van der Waals surface area contributed by atoms with Crippen molar-refractivity contribution >= 4 is 27.8 Å². The van der Waals surface area contributed by atoms with Crippen LogP contribution >= 0.6 is 0 Å². The van der Waals surface area contributed by atoms with Crippen LogP contribution in [0.3, 0.4) is 0 Å². The zero-order valence-corrected chi connectivity index (χ0v) is 33.1. The summed E-state index contributed by atoms with van der Waals surface area (Å²) in [6.45, 7) is 0. The zero-order valence-electron chi connectivity index (χ0n) is 33.1. The molecule has 1 aliphatic carbocycles. The van der Waals surface area contributed by atoms with Crippen LogP contribution < -0.4 is 4.90 Å². The Balaban J connectivity index is 1.14. The summed E-state index contributed by atoms with van der Waals surface area (Å²) in [5.74, 6) is 0. The number of fused-ring (bicyclic) bond motifs is 4. The van der Waals surface area contributed by atoms with Crippen molar-refractivity contribution in [3.05, 3.63) is 271 Å². The lowest BCUT2D eigenvalue weighted by Gasteiger charge is -2.34. The maximum atomic E-state index is 2.48. The molecule has 0 atom stereocenters. The molecule has 282 valence electrons. The van der Waals surface area contributed by atoms with E-state index >= 15 is 0 Å². The van der Waals surface area contributed by atoms with Crippen LogP contribution in [-0.4, -0.2) is 0 Å². The quantitative estimate of drug-likeness (QED) is 0.149. The van der Waals surface area contributed by atoms with Gasteiger partial charge in [-0.2, -0.15) is 0 Å². The Kier molecular flexibility index (Phi) is 8.79. The largest absolute Gasteiger partial charge is 0.310 e. The van der Waals surface area contributed by atoms with Crippen LogP contribution in [0.25, 0.3) is 55.3 Å². The van der Waals surface area contributed by atoms with Gasteiger partial charge in [0, 0.05) is 16.9 Å². The molecule has 0 unspecified atom stereocenters. The molecule has 0 saturated heterocycles. The zero-order chi connectivity index (χ0) is 39.9. The van der Waals surface area contributed by atoms with Crippen molar-refractivity contribution in [3.63, 3.8) is 0 Å². The number of nitrogens with zero attached hydrogens (tertiary/aromatic N) is 1. The molecular formula is C59H41N. The highest BCUT2D eigenvalue weighted by Crippen LogP contribution is 2.59. The van der Waals surface area contributed by atoms with Crippen molar-refractivity contribution in [1.82, 2.24) is 0 Å². The molecule has 0 radical (unpaired) electrons. The first-order valence-electron chi connectivity index (χ1n) is 20.8. The Bertz CT molecular complexity index is 3090. The van der Waals surface area contributed by atoms with Gasteiger partial charge >= 0.3 is 0 Å². The molecule has 0 aromatic heterocycles. The van der Waals surface area contributed by atoms with E-state index in [4.69, 9.17) is 0 Å². The fourth-order valence-corrected chi connectivity index (χ4v) is 9.59. The van der Waals surface area contributed by atoms with E-state index in [1.54, 1.807) is 0 Å². The van der Waals surface area contributed by atoms with E-state index in [1.807, 2.05) is 0 Å². The Morgan fingerprint density at radius 1 is 0.283 bits per heavy atom. The maximum Gasteiger partial charge on any atom is 0.0714 e. The Morgan fingerprint density at radius 3 is 1.40 bits per heavy atom. The summed E-state index contributed by atoms with van der Waals surface area (Å²) in [5.41, 5.74) is 17.5. The van der Waals surface area contributed by atoms with Gasteiger partial charge in [0.05, 0.1) is 11.1 Å². The lowest BCUT2D eigenvalue weighted by Crippen LogP contribution is -2.28. The second-order valence-corrected chi connectivity index (χ2v) is 15.7. The Hall–Kier alpha value is -7.74. The van der Waals surface area contributed by atoms with E-state index in [2.05, 4.69) is 254 Å². The monoisotopic (exact) mass is 763 g/mol. The van der Waals surface area contributed by atoms with Crippen molar-refractivity contribution in [1.29, 1.82) is 0 Å². The minimum atomic E-state index is -0.509. The molecule has 11 rings (SSSR count). The van der Waals surface area contributed by atoms with Crippen LogP contribution in [0.2, 0.25) is 0 Å². The predicted molar refractivity (Wildman–Crippen MR) is 252 cm³/mol. The van der Waals surface area contributed by atoms with Crippen molar-refractivity contribution in [2.45, 2.75) is 5.41 Å². The molecule has 1 aliphatic rings. The van der Waals surface area contributed by atoms with Crippen LogP contribution in [-0.2, 0) is 5.41 Å². The molecule has 0 heterocycles. The average Bonchev–Trinajstić information content (AvgIpc) is 3.64. The molecule has 0 aliphatic heterocycles. The normalized spacial score (nSPS) is 12.5. The third-order valence-corrected chi connectivity index (χ3v) is 12.3. The third kappa shape index (κ3) is 5.94. The first kappa shape index (κ1) is 35.4. The minimum absolute atomic E-state index is 0.509. The van der Waals surface area contributed by atoms with Crippen molar-refractivity contribution in [2.75, 3.05) is 4.90 Å². The fourth-order valence-electron chi connectivity index (χ4n) is 9.59. The highest BCUT2D eigenvalue weighted by molar-refractivity contribution is 5.98. The highest BCUT2D eigenvalue weighted by Gasteiger charge is 2.47. The summed E-state index contributed by atoms with van der Waals surface area (Å²) in [5, 5.41) is 2.48. The summed E-state index contributed by atoms with van der Waals surface area (Å²) in [6.07, 6.45) is 0.